The molecule has 1 rings (SSSR count). The first-order chi connectivity index (χ1) is 4.83. The van der Waals surface area contributed by atoms with Crippen LogP contribution < -0.4 is 4.74 Å². The molecule has 1 heterocycles. The third-order valence-electron chi connectivity index (χ3n) is 0.908. The van der Waals surface area contributed by atoms with E-state index >= 15 is 0 Å². The second-order valence-corrected chi connectivity index (χ2v) is 2.41. The second-order valence-electron chi connectivity index (χ2n) is 1.63. The first-order valence-electron chi connectivity index (χ1n) is 2.74. The first-order valence-corrected chi connectivity index (χ1v) is 3.68. The van der Waals surface area contributed by atoms with Gasteiger partial charge in [0.2, 0.25) is 5.90 Å². The normalized spacial score (nSPS) is 8.80. The highest BCUT2D eigenvalue weighted by Gasteiger charge is 1.93. The molecule has 0 amide bonds. The van der Waals surface area contributed by atoms with Crippen molar-refractivity contribution in [1.29, 1.82) is 5.41 Å². The summed E-state index contributed by atoms with van der Waals surface area (Å²) in [6.07, 6.45) is 1.36. The van der Waals surface area contributed by atoms with E-state index in [1.807, 2.05) is 16.8 Å². The number of nitrogens with one attached hydrogen (secondary N) is 1. The molecule has 10 heavy (non-hydrogen) atoms. The van der Waals surface area contributed by atoms with Crippen LogP contribution in [-0.4, -0.2) is 5.90 Å². The summed E-state index contributed by atoms with van der Waals surface area (Å²) in [5.74, 6) is 0.785. The van der Waals surface area contributed by atoms with Gasteiger partial charge in [-0.1, -0.05) is 6.58 Å². The Balaban J connectivity index is 2.56. The molecule has 0 aliphatic carbocycles. The molecular formula is C7H7NOS. The molecule has 0 radical (unpaired) electrons. The zero-order valence-electron chi connectivity index (χ0n) is 5.33. The zero-order chi connectivity index (χ0) is 7.40. The minimum absolute atomic E-state index is 0.0819. The third kappa shape index (κ3) is 1.70. The Morgan fingerprint density at radius 1 is 1.80 bits per heavy atom. The van der Waals surface area contributed by atoms with Crippen LogP contribution in [0, 0.1) is 5.41 Å². The predicted octanol–water partition coefficient (Wildman–Crippen LogP) is 2.29. The topological polar surface area (TPSA) is 33.1 Å². The van der Waals surface area contributed by atoms with E-state index < -0.39 is 0 Å². The average Bonchev–Trinajstić information content (AvgIpc) is 2.40. The number of hydrogen-bond donors (Lipinski definition) is 1. The third-order valence-corrected chi connectivity index (χ3v) is 1.57. The van der Waals surface area contributed by atoms with Crippen LogP contribution in [0.15, 0.2) is 29.5 Å². The molecule has 0 aliphatic rings. The Morgan fingerprint density at radius 3 is 3.10 bits per heavy atom. The molecular weight excluding hydrogens is 146 g/mol. The lowest BCUT2D eigenvalue weighted by Crippen LogP contribution is -2.00. The minimum Gasteiger partial charge on any atom is -0.439 e. The van der Waals surface area contributed by atoms with Crippen molar-refractivity contribution in [3.05, 3.63) is 29.5 Å². The van der Waals surface area contributed by atoms with Crippen molar-refractivity contribution in [2.45, 2.75) is 0 Å². The van der Waals surface area contributed by atoms with Gasteiger partial charge in [0.1, 0.15) is 5.75 Å². The molecule has 0 atom stereocenters. The van der Waals surface area contributed by atoms with E-state index in [2.05, 4.69) is 6.58 Å². The zero-order valence-corrected chi connectivity index (χ0v) is 6.15. The average molecular weight is 153 g/mol. The first kappa shape index (κ1) is 7.02. The Labute approximate surface area is 63.3 Å². The number of rotatable bonds is 2. The van der Waals surface area contributed by atoms with Crippen LogP contribution in [0.5, 0.6) is 5.75 Å². The minimum atomic E-state index is 0.0819. The SMILES string of the molecule is C=CC(=N)Oc1ccsc1. The smallest absolute Gasteiger partial charge is 0.211 e. The molecule has 0 saturated heterocycles. The Hall–Kier alpha value is -1.09. The van der Waals surface area contributed by atoms with Gasteiger partial charge in [-0.25, -0.2) is 0 Å². The molecule has 0 spiro atoms. The fourth-order valence-electron chi connectivity index (χ4n) is 0.479. The maximum Gasteiger partial charge on any atom is 0.211 e. The molecule has 1 aromatic rings. The summed E-state index contributed by atoms with van der Waals surface area (Å²) in [4.78, 5) is 0. The lowest BCUT2D eigenvalue weighted by molar-refractivity contribution is 0.553. The summed E-state index contributed by atoms with van der Waals surface area (Å²) in [5, 5.41) is 10.8. The van der Waals surface area contributed by atoms with Gasteiger partial charge in [0, 0.05) is 5.38 Å². The molecule has 0 saturated carbocycles. The number of ether oxygens (including phenoxy) is 1. The molecule has 0 aromatic carbocycles. The predicted molar refractivity (Wildman–Crippen MR) is 42.9 cm³/mol. The monoisotopic (exact) mass is 153 g/mol. The van der Waals surface area contributed by atoms with Crippen LogP contribution >= 0.6 is 11.3 Å². The maximum atomic E-state index is 7.08. The molecule has 1 N–H and O–H groups in total. The van der Waals surface area contributed by atoms with Crippen LogP contribution in [0.4, 0.5) is 0 Å². The van der Waals surface area contributed by atoms with Gasteiger partial charge < -0.3 is 4.74 Å². The molecule has 0 bridgehead atoms. The molecule has 52 valence electrons. The fraction of sp³-hybridized carbons (Fsp3) is 0. The van der Waals surface area contributed by atoms with Crippen molar-refractivity contribution >= 4 is 17.2 Å². The van der Waals surface area contributed by atoms with E-state index in [0.717, 1.165) is 0 Å². The van der Waals surface area contributed by atoms with Gasteiger partial charge >= 0.3 is 0 Å². The van der Waals surface area contributed by atoms with Gasteiger partial charge in [0.15, 0.2) is 0 Å². The van der Waals surface area contributed by atoms with E-state index in [0.29, 0.717) is 5.75 Å². The molecule has 1 aromatic heterocycles. The fourth-order valence-corrected chi connectivity index (χ4v) is 1.03. The highest BCUT2D eigenvalue weighted by molar-refractivity contribution is 7.08. The molecule has 3 heteroatoms. The van der Waals surface area contributed by atoms with Gasteiger partial charge in [0.05, 0.1) is 0 Å². The maximum absolute atomic E-state index is 7.08. The number of thiophene rings is 1. The van der Waals surface area contributed by atoms with Gasteiger partial charge in [-0.05, 0) is 17.5 Å². The Morgan fingerprint density at radius 2 is 2.60 bits per heavy atom. The lowest BCUT2D eigenvalue weighted by atomic mass is 10.6. The molecule has 2 nitrogen and oxygen atoms in total. The summed E-state index contributed by atoms with van der Waals surface area (Å²) >= 11 is 1.54. The Kier molecular flexibility index (Phi) is 2.23. The van der Waals surface area contributed by atoms with Gasteiger partial charge in [-0.15, -0.1) is 11.3 Å². The highest BCUT2D eigenvalue weighted by Crippen LogP contribution is 2.14. The standard InChI is InChI=1S/C7H7NOS/c1-2-7(8)9-6-3-4-10-5-6/h2-5,8H,1H2. The van der Waals surface area contributed by atoms with Crippen LogP contribution in [0.1, 0.15) is 0 Å². The van der Waals surface area contributed by atoms with Crippen LogP contribution in [0.25, 0.3) is 0 Å². The van der Waals surface area contributed by atoms with E-state index in [9.17, 15) is 0 Å². The van der Waals surface area contributed by atoms with Crippen LogP contribution in [-0.2, 0) is 0 Å². The van der Waals surface area contributed by atoms with Crippen LogP contribution in [0.3, 0.4) is 0 Å². The molecule has 0 fully saturated rings. The van der Waals surface area contributed by atoms with E-state index in [1.165, 1.54) is 17.4 Å². The van der Waals surface area contributed by atoms with Crippen molar-refractivity contribution in [3.63, 3.8) is 0 Å². The summed E-state index contributed by atoms with van der Waals surface area (Å²) in [5.41, 5.74) is 0. The van der Waals surface area contributed by atoms with Crippen molar-refractivity contribution in [3.8, 4) is 5.75 Å². The largest absolute Gasteiger partial charge is 0.439 e. The highest BCUT2D eigenvalue weighted by atomic mass is 32.1. The summed E-state index contributed by atoms with van der Waals surface area (Å²) < 4.78 is 4.98. The van der Waals surface area contributed by atoms with E-state index in [1.54, 1.807) is 0 Å². The van der Waals surface area contributed by atoms with Gasteiger partial charge in [-0.3, -0.25) is 5.41 Å². The van der Waals surface area contributed by atoms with E-state index in [4.69, 9.17) is 10.1 Å². The molecule has 0 unspecified atom stereocenters. The second kappa shape index (κ2) is 3.17. The summed E-state index contributed by atoms with van der Waals surface area (Å²) in [7, 11) is 0. The van der Waals surface area contributed by atoms with Gasteiger partial charge in [0.25, 0.3) is 0 Å². The van der Waals surface area contributed by atoms with Crippen molar-refractivity contribution < 1.29 is 4.74 Å². The summed E-state index contributed by atoms with van der Waals surface area (Å²) in [6, 6.07) is 1.81. The van der Waals surface area contributed by atoms with Crippen molar-refractivity contribution in [1.82, 2.24) is 0 Å². The van der Waals surface area contributed by atoms with Gasteiger partial charge in [-0.2, -0.15) is 0 Å². The number of hydrogen-bond acceptors (Lipinski definition) is 3. The lowest BCUT2D eigenvalue weighted by Gasteiger charge is -1.96. The van der Waals surface area contributed by atoms with E-state index in [-0.39, 0.29) is 5.90 Å². The summed E-state index contributed by atoms with van der Waals surface area (Å²) in [6.45, 7) is 3.40. The molecule has 0 aliphatic heterocycles. The Bertz CT molecular complexity index is 228. The van der Waals surface area contributed by atoms with Crippen molar-refractivity contribution in [2.24, 2.45) is 0 Å². The van der Waals surface area contributed by atoms with Crippen molar-refractivity contribution in [2.75, 3.05) is 0 Å². The van der Waals surface area contributed by atoms with Crippen LogP contribution in [0.2, 0.25) is 0 Å². The quantitative estimate of drug-likeness (QED) is 0.513.